The number of benzene rings is 1. The van der Waals surface area contributed by atoms with E-state index in [0.717, 1.165) is 21.9 Å². The van der Waals surface area contributed by atoms with Gasteiger partial charge in [0.2, 0.25) is 0 Å². The largest absolute Gasteiger partial charge is 0.486 e. The molecule has 0 amide bonds. The molecule has 17 heavy (non-hydrogen) atoms. The fourth-order valence-corrected chi connectivity index (χ4v) is 2.71. The smallest absolute Gasteiger partial charge is 0.166 e. The number of hydrogen-bond donors (Lipinski definition) is 1. The van der Waals surface area contributed by atoms with Crippen LogP contribution < -0.4 is 15.2 Å². The van der Waals surface area contributed by atoms with Crippen molar-refractivity contribution in [2.75, 3.05) is 13.2 Å². The molecule has 0 radical (unpaired) electrons. The number of hydrogen-bond acceptors (Lipinski definition) is 4. The number of thiophene rings is 1. The summed E-state index contributed by atoms with van der Waals surface area (Å²) in [7, 11) is 0. The van der Waals surface area contributed by atoms with Crippen LogP contribution in [0.2, 0.25) is 0 Å². The summed E-state index contributed by atoms with van der Waals surface area (Å²) in [6.07, 6.45) is 0. The second kappa shape index (κ2) is 4.39. The first-order valence-corrected chi connectivity index (χ1v) is 6.42. The molecule has 1 atom stereocenters. The SMILES string of the molecule is N[C@@H](c1cccs1)c1cccc2c1OCCO2. The van der Waals surface area contributed by atoms with Gasteiger partial charge in [0.05, 0.1) is 6.04 Å². The second-order valence-electron chi connectivity index (χ2n) is 3.86. The first kappa shape index (κ1) is 10.6. The third-order valence-corrected chi connectivity index (χ3v) is 3.74. The van der Waals surface area contributed by atoms with Crippen molar-refractivity contribution >= 4 is 11.3 Å². The van der Waals surface area contributed by atoms with E-state index in [4.69, 9.17) is 15.2 Å². The van der Waals surface area contributed by atoms with Gasteiger partial charge in [0, 0.05) is 10.4 Å². The normalized spacial score (nSPS) is 15.6. The molecule has 4 heteroatoms. The van der Waals surface area contributed by atoms with Crippen LogP contribution in [0.15, 0.2) is 35.7 Å². The predicted molar refractivity (Wildman–Crippen MR) is 67.8 cm³/mol. The van der Waals surface area contributed by atoms with E-state index in [1.165, 1.54) is 0 Å². The van der Waals surface area contributed by atoms with Gasteiger partial charge < -0.3 is 15.2 Å². The Morgan fingerprint density at radius 2 is 2.00 bits per heavy atom. The van der Waals surface area contributed by atoms with Crippen LogP contribution in [-0.2, 0) is 0 Å². The summed E-state index contributed by atoms with van der Waals surface area (Å²) in [5, 5.41) is 2.03. The Kier molecular flexibility index (Phi) is 2.74. The molecule has 1 aromatic heterocycles. The van der Waals surface area contributed by atoms with E-state index in [1.54, 1.807) is 11.3 Å². The van der Waals surface area contributed by atoms with E-state index in [9.17, 15) is 0 Å². The Hall–Kier alpha value is -1.52. The van der Waals surface area contributed by atoms with Gasteiger partial charge in [0.1, 0.15) is 13.2 Å². The Morgan fingerprint density at radius 3 is 2.82 bits per heavy atom. The molecular weight excluding hydrogens is 234 g/mol. The van der Waals surface area contributed by atoms with Crippen molar-refractivity contribution in [3.63, 3.8) is 0 Å². The van der Waals surface area contributed by atoms with E-state index in [-0.39, 0.29) is 6.04 Å². The third kappa shape index (κ3) is 1.90. The van der Waals surface area contributed by atoms with E-state index in [1.807, 2.05) is 35.7 Å². The molecule has 1 aliphatic rings. The van der Waals surface area contributed by atoms with Crippen LogP contribution >= 0.6 is 11.3 Å². The maximum Gasteiger partial charge on any atom is 0.166 e. The summed E-state index contributed by atoms with van der Waals surface area (Å²) >= 11 is 1.66. The summed E-state index contributed by atoms with van der Waals surface area (Å²) in [5.74, 6) is 1.58. The zero-order chi connectivity index (χ0) is 11.7. The first-order chi connectivity index (χ1) is 8.36. The number of ether oxygens (including phenoxy) is 2. The van der Waals surface area contributed by atoms with Crippen molar-refractivity contribution in [3.05, 3.63) is 46.2 Å². The van der Waals surface area contributed by atoms with Gasteiger partial charge in [-0.2, -0.15) is 0 Å². The quantitative estimate of drug-likeness (QED) is 0.887. The van der Waals surface area contributed by atoms with Gasteiger partial charge in [-0.1, -0.05) is 18.2 Å². The molecule has 0 bridgehead atoms. The zero-order valence-electron chi connectivity index (χ0n) is 9.26. The molecule has 2 heterocycles. The molecule has 1 aliphatic heterocycles. The lowest BCUT2D eigenvalue weighted by Gasteiger charge is -2.23. The highest BCUT2D eigenvalue weighted by Crippen LogP contribution is 2.38. The summed E-state index contributed by atoms with van der Waals surface area (Å²) in [6, 6.07) is 9.77. The fourth-order valence-electron chi connectivity index (χ4n) is 1.96. The van der Waals surface area contributed by atoms with Crippen LogP contribution in [-0.4, -0.2) is 13.2 Å². The summed E-state index contributed by atoms with van der Waals surface area (Å²) in [4.78, 5) is 1.13. The highest BCUT2D eigenvalue weighted by atomic mass is 32.1. The lowest BCUT2D eigenvalue weighted by atomic mass is 10.0. The molecule has 1 aromatic carbocycles. The molecule has 0 saturated heterocycles. The minimum Gasteiger partial charge on any atom is -0.486 e. The fraction of sp³-hybridized carbons (Fsp3) is 0.231. The van der Waals surface area contributed by atoms with Crippen LogP contribution in [0.3, 0.4) is 0 Å². The minimum atomic E-state index is -0.147. The zero-order valence-corrected chi connectivity index (χ0v) is 10.1. The van der Waals surface area contributed by atoms with Gasteiger partial charge in [-0.25, -0.2) is 0 Å². The van der Waals surface area contributed by atoms with Gasteiger partial charge in [0.25, 0.3) is 0 Å². The summed E-state index contributed by atoms with van der Waals surface area (Å²) in [6.45, 7) is 1.19. The highest BCUT2D eigenvalue weighted by molar-refractivity contribution is 7.10. The summed E-state index contributed by atoms with van der Waals surface area (Å²) < 4.78 is 11.2. The number of nitrogens with two attached hydrogens (primary N) is 1. The lowest BCUT2D eigenvalue weighted by molar-refractivity contribution is 0.169. The van der Waals surface area contributed by atoms with Crippen molar-refractivity contribution in [1.82, 2.24) is 0 Å². The van der Waals surface area contributed by atoms with Crippen LogP contribution in [0.4, 0.5) is 0 Å². The van der Waals surface area contributed by atoms with Crippen molar-refractivity contribution in [3.8, 4) is 11.5 Å². The van der Waals surface area contributed by atoms with Crippen LogP contribution in [0.25, 0.3) is 0 Å². The molecule has 88 valence electrons. The van der Waals surface area contributed by atoms with Gasteiger partial charge in [-0.3, -0.25) is 0 Å². The molecule has 3 rings (SSSR count). The van der Waals surface area contributed by atoms with Crippen LogP contribution in [0.1, 0.15) is 16.5 Å². The first-order valence-electron chi connectivity index (χ1n) is 5.54. The topological polar surface area (TPSA) is 44.5 Å². The predicted octanol–water partition coefficient (Wildman–Crippen LogP) is 2.57. The third-order valence-electron chi connectivity index (χ3n) is 2.78. The van der Waals surface area contributed by atoms with Crippen molar-refractivity contribution < 1.29 is 9.47 Å². The van der Waals surface area contributed by atoms with Gasteiger partial charge >= 0.3 is 0 Å². The molecule has 0 fully saturated rings. The highest BCUT2D eigenvalue weighted by Gasteiger charge is 2.21. The van der Waals surface area contributed by atoms with Gasteiger partial charge in [-0.15, -0.1) is 11.3 Å². The monoisotopic (exact) mass is 247 g/mol. The average Bonchev–Trinajstić information content (AvgIpc) is 2.91. The van der Waals surface area contributed by atoms with E-state index in [0.29, 0.717) is 13.2 Å². The van der Waals surface area contributed by atoms with Gasteiger partial charge in [0.15, 0.2) is 11.5 Å². The second-order valence-corrected chi connectivity index (χ2v) is 4.84. The standard InChI is InChI=1S/C13H13NO2S/c14-12(11-5-2-8-17-11)9-3-1-4-10-13(9)16-7-6-15-10/h1-5,8,12H,6-7,14H2/t12-/m1/s1. The molecule has 2 aromatic rings. The maximum absolute atomic E-state index is 6.26. The molecule has 0 spiro atoms. The molecule has 0 aliphatic carbocycles. The Morgan fingerprint density at radius 1 is 1.12 bits per heavy atom. The molecule has 0 unspecified atom stereocenters. The average molecular weight is 247 g/mol. The number of fused-ring (bicyclic) bond motifs is 1. The molecule has 0 saturated carbocycles. The molecule has 2 N–H and O–H groups in total. The minimum absolute atomic E-state index is 0.147. The van der Waals surface area contributed by atoms with Crippen molar-refractivity contribution in [1.29, 1.82) is 0 Å². The van der Waals surface area contributed by atoms with E-state index < -0.39 is 0 Å². The maximum atomic E-state index is 6.26. The Bertz CT molecular complexity index is 510. The number of rotatable bonds is 2. The summed E-state index contributed by atoms with van der Waals surface area (Å²) in [5.41, 5.74) is 7.25. The molecular formula is C13H13NO2S. The van der Waals surface area contributed by atoms with Crippen LogP contribution in [0, 0.1) is 0 Å². The van der Waals surface area contributed by atoms with E-state index >= 15 is 0 Å². The Labute approximate surface area is 104 Å². The van der Waals surface area contributed by atoms with Crippen molar-refractivity contribution in [2.24, 2.45) is 5.73 Å². The molecule has 3 nitrogen and oxygen atoms in total. The Balaban J connectivity index is 2.03. The van der Waals surface area contributed by atoms with Gasteiger partial charge in [-0.05, 0) is 17.5 Å². The van der Waals surface area contributed by atoms with Crippen molar-refractivity contribution in [2.45, 2.75) is 6.04 Å². The number of para-hydroxylation sites is 1. The van der Waals surface area contributed by atoms with Crippen LogP contribution in [0.5, 0.6) is 11.5 Å². The van der Waals surface area contributed by atoms with E-state index in [2.05, 4.69) is 0 Å². The lowest BCUT2D eigenvalue weighted by Crippen LogP contribution is -2.19.